The van der Waals surface area contributed by atoms with Crippen molar-refractivity contribution in [2.75, 3.05) is 26.2 Å². The zero-order chi connectivity index (χ0) is 20.1. The highest BCUT2D eigenvalue weighted by Crippen LogP contribution is 2.20. The SMILES string of the molecule is CC(Oc1ccc(F)c(F)c1)C(=O)N1CCCC(CNC(=O)C2CCCN2)C1.Cl. The van der Waals surface area contributed by atoms with Gasteiger partial charge in [-0.25, -0.2) is 8.78 Å². The Hall–Kier alpha value is -1.93. The van der Waals surface area contributed by atoms with Gasteiger partial charge in [-0.1, -0.05) is 0 Å². The van der Waals surface area contributed by atoms with Gasteiger partial charge in [0, 0.05) is 25.7 Å². The number of rotatable bonds is 6. The molecule has 9 heteroatoms. The van der Waals surface area contributed by atoms with Crippen molar-refractivity contribution >= 4 is 24.2 Å². The summed E-state index contributed by atoms with van der Waals surface area (Å²) in [6.07, 6.45) is 2.87. The maximum absolute atomic E-state index is 13.3. The molecular formula is C20H28ClF2N3O3. The van der Waals surface area contributed by atoms with Crippen LogP contribution in [-0.2, 0) is 9.59 Å². The van der Waals surface area contributed by atoms with Gasteiger partial charge in [-0.3, -0.25) is 9.59 Å². The minimum absolute atomic E-state index is 0. The minimum Gasteiger partial charge on any atom is -0.481 e. The number of carbonyl (C=O) groups excluding carboxylic acids is 2. The van der Waals surface area contributed by atoms with Crippen LogP contribution in [0.2, 0.25) is 0 Å². The van der Waals surface area contributed by atoms with E-state index in [-0.39, 0.29) is 41.9 Å². The second-order valence-corrected chi connectivity index (χ2v) is 7.52. The van der Waals surface area contributed by atoms with Gasteiger partial charge in [-0.2, -0.15) is 0 Å². The number of hydrogen-bond acceptors (Lipinski definition) is 4. The van der Waals surface area contributed by atoms with Gasteiger partial charge in [0.05, 0.1) is 6.04 Å². The van der Waals surface area contributed by atoms with E-state index in [1.807, 2.05) is 0 Å². The highest BCUT2D eigenvalue weighted by Gasteiger charge is 2.29. The van der Waals surface area contributed by atoms with Gasteiger partial charge in [0.2, 0.25) is 5.91 Å². The van der Waals surface area contributed by atoms with Crippen molar-refractivity contribution in [1.82, 2.24) is 15.5 Å². The average molecular weight is 432 g/mol. The van der Waals surface area contributed by atoms with Crippen LogP contribution in [-0.4, -0.2) is 55.0 Å². The number of ether oxygens (including phenoxy) is 1. The predicted octanol–water partition coefficient (Wildman–Crippen LogP) is 2.26. The summed E-state index contributed by atoms with van der Waals surface area (Å²) in [5.74, 6) is -1.83. The first-order valence-corrected chi connectivity index (χ1v) is 9.85. The molecule has 3 atom stereocenters. The van der Waals surface area contributed by atoms with Gasteiger partial charge in [0.15, 0.2) is 17.7 Å². The normalized spacial score (nSPS) is 22.5. The molecule has 2 N–H and O–H groups in total. The van der Waals surface area contributed by atoms with Crippen molar-refractivity contribution in [1.29, 1.82) is 0 Å². The predicted molar refractivity (Wildman–Crippen MR) is 107 cm³/mol. The van der Waals surface area contributed by atoms with E-state index in [1.165, 1.54) is 6.07 Å². The molecule has 1 aromatic rings. The first-order valence-electron chi connectivity index (χ1n) is 9.85. The maximum atomic E-state index is 13.3. The topological polar surface area (TPSA) is 70.7 Å². The summed E-state index contributed by atoms with van der Waals surface area (Å²) >= 11 is 0. The van der Waals surface area contributed by atoms with Crippen LogP contribution in [0.4, 0.5) is 8.78 Å². The summed E-state index contributed by atoms with van der Waals surface area (Å²) < 4.78 is 31.8. The number of carbonyl (C=O) groups is 2. The van der Waals surface area contributed by atoms with Crippen LogP contribution in [0, 0.1) is 17.6 Å². The lowest BCUT2D eigenvalue weighted by atomic mass is 9.97. The summed E-state index contributed by atoms with van der Waals surface area (Å²) in [5.41, 5.74) is 0. The molecule has 0 bridgehead atoms. The van der Waals surface area contributed by atoms with Crippen LogP contribution >= 0.6 is 12.4 Å². The largest absolute Gasteiger partial charge is 0.481 e. The molecule has 2 amide bonds. The first kappa shape index (κ1) is 23.3. The van der Waals surface area contributed by atoms with Gasteiger partial charge in [-0.15, -0.1) is 12.4 Å². The third kappa shape index (κ3) is 6.27. The smallest absolute Gasteiger partial charge is 0.263 e. The van der Waals surface area contributed by atoms with Crippen LogP contribution in [0.25, 0.3) is 0 Å². The Balaban J connectivity index is 0.00000300. The molecular weight excluding hydrogens is 404 g/mol. The second-order valence-electron chi connectivity index (χ2n) is 7.52. The van der Waals surface area contributed by atoms with Crippen molar-refractivity contribution in [2.24, 2.45) is 5.92 Å². The minimum atomic E-state index is -1.01. The highest BCUT2D eigenvalue weighted by atomic mass is 35.5. The fraction of sp³-hybridized carbons (Fsp3) is 0.600. The van der Waals surface area contributed by atoms with Crippen LogP contribution in [0.1, 0.15) is 32.6 Å². The fourth-order valence-corrected chi connectivity index (χ4v) is 3.77. The molecule has 0 spiro atoms. The summed E-state index contributed by atoms with van der Waals surface area (Å²) in [7, 11) is 0. The molecule has 2 heterocycles. The number of hydrogen-bond donors (Lipinski definition) is 2. The van der Waals surface area contributed by atoms with Gasteiger partial charge in [-0.05, 0) is 57.2 Å². The van der Waals surface area contributed by atoms with E-state index in [0.29, 0.717) is 19.6 Å². The van der Waals surface area contributed by atoms with Crippen LogP contribution in [0.15, 0.2) is 18.2 Å². The van der Waals surface area contributed by atoms with Crippen LogP contribution in [0.5, 0.6) is 5.75 Å². The third-order valence-electron chi connectivity index (χ3n) is 5.32. The molecule has 29 heavy (non-hydrogen) atoms. The van der Waals surface area contributed by atoms with Crippen LogP contribution in [0.3, 0.4) is 0 Å². The number of amides is 2. The van der Waals surface area contributed by atoms with Gasteiger partial charge in [0.25, 0.3) is 5.91 Å². The zero-order valence-electron chi connectivity index (χ0n) is 16.5. The summed E-state index contributed by atoms with van der Waals surface area (Å²) in [6.45, 7) is 4.18. The van der Waals surface area contributed by atoms with E-state index in [2.05, 4.69) is 10.6 Å². The Labute approximate surface area is 175 Å². The van der Waals surface area contributed by atoms with Crippen molar-refractivity contribution in [2.45, 2.75) is 44.8 Å². The van der Waals surface area contributed by atoms with Gasteiger partial charge >= 0.3 is 0 Å². The van der Waals surface area contributed by atoms with E-state index in [9.17, 15) is 18.4 Å². The second kappa shape index (κ2) is 10.7. The lowest BCUT2D eigenvalue weighted by Gasteiger charge is -2.34. The molecule has 2 saturated heterocycles. The van der Waals surface area contributed by atoms with E-state index in [1.54, 1.807) is 11.8 Å². The Morgan fingerprint density at radius 3 is 2.76 bits per heavy atom. The van der Waals surface area contributed by atoms with Gasteiger partial charge < -0.3 is 20.3 Å². The highest BCUT2D eigenvalue weighted by molar-refractivity contribution is 5.85. The monoisotopic (exact) mass is 431 g/mol. The molecule has 162 valence electrons. The van der Waals surface area contributed by atoms with E-state index in [4.69, 9.17) is 4.74 Å². The van der Waals surface area contributed by atoms with E-state index >= 15 is 0 Å². The number of benzene rings is 1. The fourth-order valence-electron chi connectivity index (χ4n) is 3.77. The zero-order valence-corrected chi connectivity index (χ0v) is 17.3. The molecule has 0 saturated carbocycles. The molecule has 6 nitrogen and oxygen atoms in total. The Morgan fingerprint density at radius 2 is 2.07 bits per heavy atom. The molecule has 0 aliphatic carbocycles. The quantitative estimate of drug-likeness (QED) is 0.724. The average Bonchev–Trinajstić information content (AvgIpc) is 3.23. The van der Waals surface area contributed by atoms with Crippen molar-refractivity contribution in [3.05, 3.63) is 29.8 Å². The number of nitrogens with one attached hydrogen (secondary N) is 2. The summed E-state index contributed by atoms with van der Waals surface area (Å²) in [6, 6.07) is 3.10. The lowest BCUT2D eigenvalue weighted by molar-refractivity contribution is -0.139. The molecule has 2 aliphatic heterocycles. The van der Waals surface area contributed by atoms with Crippen molar-refractivity contribution < 1.29 is 23.1 Å². The number of halogens is 3. The summed E-state index contributed by atoms with van der Waals surface area (Å²) in [5, 5.41) is 6.16. The van der Waals surface area contributed by atoms with Crippen molar-refractivity contribution in [3.63, 3.8) is 0 Å². The molecule has 0 radical (unpaired) electrons. The molecule has 0 aromatic heterocycles. The Morgan fingerprint density at radius 1 is 1.28 bits per heavy atom. The van der Waals surface area contributed by atoms with Crippen LogP contribution < -0.4 is 15.4 Å². The number of likely N-dealkylation sites (tertiary alicyclic amines) is 1. The number of piperidine rings is 1. The first-order chi connectivity index (χ1) is 13.4. The van der Waals surface area contributed by atoms with E-state index in [0.717, 1.165) is 44.4 Å². The Bertz CT molecular complexity index is 716. The Kier molecular flexibility index (Phi) is 8.64. The summed E-state index contributed by atoms with van der Waals surface area (Å²) in [4.78, 5) is 26.5. The maximum Gasteiger partial charge on any atom is 0.263 e. The lowest BCUT2D eigenvalue weighted by Crippen LogP contribution is -2.49. The molecule has 2 fully saturated rings. The number of nitrogens with zero attached hydrogens (tertiary/aromatic N) is 1. The van der Waals surface area contributed by atoms with Gasteiger partial charge in [0.1, 0.15) is 5.75 Å². The molecule has 2 aliphatic rings. The molecule has 3 unspecified atom stereocenters. The van der Waals surface area contributed by atoms with Crippen molar-refractivity contribution in [3.8, 4) is 5.75 Å². The molecule has 1 aromatic carbocycles. The standard InChI is InChI=1S/C20H27F2N3O3.ClH/c1-13(28-15-6-7-16(21)17(22)10-15)20(27)25-9-3-4-14(12-25)11-24-19(26)18-5-2-8-23-18;/h6-7,10,13-14,18,23H,2-5,8-9,11-12H2,1H3,(H,24,26);1H. The third-order valence-corrected chi connectivity index (χ3v) is 5.32. The van der Waals surface area contributed by atoms with E-state index < -0.39 is 17.7 Å². The molecule has 3 rings (SSSR count).